The van der Waals surface area contributed by atoms with Crippen molar-refractivity contribution in [1.82, 2.24) is 15.1 Å². The van der Waals surface area contributed by atoms with E-state index in [1.165, 1.54) is 10.9 Å². The highest BCUT2D eigenvalue weighted by Crippen LogP contribution is 2.19. The van der Waals surface area contributed by atoms with Crippen molar-refractivity contribution < 1.29 is 9.59 Å². The van der Waals surface area contributed by atoms with Crippen molar-refractivity contribution in [3.63, 3.8) is 0 Å². The zero-order valence-corrected chi connectivity index (χ0v) is 13.3. The van der Waals surface area contributed by atoms with Gasteiger partial charge in [0.25, 0.3) is 5.91 Å². The van der Waals surface area contributed by atoms with Crippen LogP contribution in [0.3, 0.4) is 0 Å². The molecule has 110 valence electrons. The van der Waals surface area contributed by atoms with Crippen molar-refractivity contribution in [2.24, 2.45) is 0 Å². The van der Waals surface area contributed by atoms with Gasteiger partial charge in [0.05, 0.1) is 17.4 Å². The molecule has 2 amide bonds. The number of benzene rings is 1. The Labute approximate surface area is 130 Å². The van der Waals surface area contributed by atoms with E-state index in [0.29, 0.717) is 11.3 Å². The van der Waals surface area contributed by atoms with Crippen LogP contribution >= 0.6 is 15.9 Å². The lowest BCUT2D eigenvalue weighted by Crippen LogP contribution is -2.23. The monoisotopic (exact) mass is 350 g/mol. The Bertz CT molecular complexity index is 681. The number of hydrogen-bond acceptors (Lipinski definition) is 3. The lowest BCUT2D eigenvalue weighted by atomic mass is 10.1. The molecule has 1 aromatic heterocycles. The molecule has 0 radical (unpaired) electrons. The van der Waals surface area contributed by atoms with Gasteiger partial charge in [-0.1, -0.05) is 6.07 Å². The molecule has 21 heavy (non-hydrogen) atoms. The Morgan fingerprint density at radius 1 is 1.38 bits per heavy atom. The molecule has 0 aliphatic rings. The molecule has 1 heterocycles. The highest BCUT2D eigenvalue weighted by Gasteiger charge is 2.11. The number of carbonyl (C=O) groups is 2. The third-order valence-corrected chi connectivity index (χ3v) is 3.50. The summed E-state index contributed by atoms with van der Waals surface area (Å²) in [6, 6.07) is 5.50. The van der Waals surface area contributed by atoms with E-state index in [1.807, 2.05) is 19.1 Å². The van der Waals surface area contributed by atoms with Crippen molar-refractivity contribution in [2.75, 3.05) is 12.4 Å². The van der Waals surface area contributed by atoms with Crippen LogP contribution in [0.1, 0.15) is 15.9 Å². The van der Waals surface area contributed by atoms with E-state index < -0.39 is 0 Å². The summed E-state index contributed by atoms with van der Waals surface area (Å²) in [4.78, 5) is 23.4. The fourth-order valence-electron chi connectivity index (χ4n) is 1.74. The Morgan fingerprint density at radius 2 is 2.14 bits per heavy atom. The van der Waals surface area contributed by atoms with Crippen LogP contribution in [-0.2, 0) is 11.3 Å². The van der Waals surface area contributed by atoms with Crippen LogP contribution in [0.25, 0.3) is 0 Å². The Balaban J connectivity index is 2.07. The summed E-state index contributed by atoms with van der Waals surface area (Å²) >= 11 is 3.37. The number of amides is 2. The first kappa shape index (κ1) is 15.2. The van der Waals surface area contributed by atoms with Gasteiger partial charge in [-0.15, -0.1) is 0 Å². The minimum atomic E-state index is -0.235. The van der Waals surface area contributed by atoms with Gasteiger partial charge in [0.1, 0.15) is 6.54 Å². The summed E-state index contributed by atoms with van der Waals surface area (Å²) in [6.45, 7) is 2.07. The molecule has 0 aliphatic carbocycles. The lowest BCUT2D eigenvalue weighted by Gasteiger charge is -2.05. The number of halogens is 1. The maximum Gasteiger partial charge on any atom is 0.256 e. The summed E-state index contributed by atoms with van der Waals surface area (Å²) in [7, 11) is 1.56. The maximum absolute atomic E-state index is 12.2. The van der Waals surface area contributed by atoms with E-state index in [0.717, 1.165) is 10.0 Å². The summed E-state index contributed by atoms with van der Waals surface area (Å²) in [5, 5.41) is 9.27. The molecule has 0 aliphatic heterocycles. The van der Waals surface area contributed by atoms with Crippen LogP contribution in [0.15, 0.2) is 35.1 Å². The number of aromatic nitrogens is 2. The van der Waals surface area contributed by atoms with Gasteiger partial charge in [0.15, 0.2) is 0 Å². The van der Waals surface area contributed by atoms with Crippen LogP contribution in [0, 0.1) is 6.92 Å². The Hall–Kier alpha value is -2.15. The average Bonchev–Trinajstić information content (AvgIpc) is 2.85. The fraction of sp³-hybridized carbons (Fsp3) is 0.214. The second kappa shape index (κ2) is 6.53. The van der Waals surface area contributed by atoms with Gasteiger partial charge in [-0.05, 0) is 40.5 Å². The molecule has 6 nitrogen and oxygen atoms in total. The smallest absolute Gasteiger partial charge is 0.256 e. The lowest BCUT2D eigenvalue weighted by molar-refractivity contribution is -0.121. The molecule has 0 saturated heterocycles. The quantitative estimate of drug-likeness (QED) is 0.884. The van der Waals surface area contributed by atoms with E-state index in [4.69, 9.17) is 0 Å². The third kappa shape index (κ3) is 3.91. The van der Waals surface area contributed by atoms with Crippen molar-refractivity contribution >= 4 is 33.4 Å². The first-order valence-electron chi connectivity index (χ1n) is 6.30. The van der Waals surface area contributed by atoms with Crippen LogP contribution < -0.4 is 10.6 Å². The van der Waals surface area contributed by atoms with E-state index in [2.05, 4.69) is 31.7 Å². The van der Waals surface area contributed by atoms with E-state index in [1.54, 1.807) is 19.3 Å². The minimum absolute atomic E-state index is 0.112. The number of hydrogen-bond donors (Lipinski definition) is 2. The van der Waals surface area contributed by atoms with Crippen LogP contribution in [0.2, 0.25) is 0 Å². The Kier molecular flexibility index (Phi) is 4.74. The normalized spacial score (nSPS) is 10.2. The fourth-order valence-corrected chi connectivity index (χ4v) is 2.42. The molecule has 0 fully saturated rings. The second-order valence-electron chi connectivity index (χ2n) is 4.54. The van der Waals surface area contributed by atoms with Crippen molar-refractivity contribution in [2.45, 2.75) is 13.5 Å². The van der Waals surface area contributed by atoms with Crippen LogP contribution in [-0.4, -0.2) is 28.6 Å². The highest BCUT2D eigenvalue weighted by atomic mass is 79.9. The molecule has 7 heteroatoms. The standard InChI is InChI=1S/C14H15BrN4O2/c1-9-3-4-11(12(15)5-9)14(21)18-10-6-17-19(7-10)8-13(20)16-2/h3-7H,8H2,1-2H3,(H,16,20)(H,18,21). The van der Waals surface area contributed by atoms with E-state index in [-0.39, 0.29) is 18.4 Å². The zero-order valence-electron chi connectivity index (χ0n) is 11.7. The van der Waals surface area contributed by atoms with Gasteiger partial charge < -0.3 is 10.6 Å². The SMILES string of the molecule is CNC(=O)Cn1cc(NC(=O)c2ccc(C)cc2Br)cn1. The van der Waals surface area contributed by atoms with E-state index in [9.17, 15) is 9.59 Å². The van der Waals surface area contributed by atoms with Crippen LogP contribution in [0.5, 0.6) is 0 Å². The second-order valence-corrected chi connectivity index (χ2v) is 5.39. The molecule has 0 bridgehead atoms. The molecule has 2 aromatic rings. The number of nitrogens with zero attached hydrogens (tertiary/aromatic N) is 2. The molecule has 0 unspecified atom stereocenters. The number of likely N-dealkylation sites (N-methyl/N-ethyl adjacent to an activating group) is 1. The third-order valence-electron chi connectivity index (χ3n) is 2.84. The predicted octanol–water partition coefficient (Wildman–Crippen LogP) is 1.95. The van der Waals surface area contributed by atoms with Gasteiger partial charge in [-0.2, -0.15) is 5.10 Å². The molecule has 0 saturated carbocycles. The summed E-state index contributed by atoms with van der Waals surface area (Å²) < 4.78 is 2.19. The van der Waals surface area contributed by atoms with Crippen molar-refractivity contribution in [3.05, 3.63) is 46.2 Å². The molecule has 1 aromatic carbocycles. The summed E-state index contributed by atoms with van der Waals surface area (Å²) in [6.07, 6.45) is 3.11. The maximum atomic E-state index is 12.2. The topological polar surface area (TPSA) is 76.0 Å². The molecule has 0 spiro atoms. The highest BCUT2D eigenvalue weighted by molar-refractivity contribution is 9.10. The minimum Gasteiger partial charge on any atom is -0.358 e. The van der Waals surface area contributed by atoms with Gasteiger partial charge in [0, 0.05) is 17.7 Å². The van der Waals surface area contributed by atoms with Crippen LogP contribution in [0.4, 0.5) is 5.69 Å². The number of aryl methyl sites for hydroxylation is 1. The molecule has 2 rings (SSSR count). The largest absolute Gasteiger partial charge is 0.358 e. The predicted molar refractivity (Wildman–Crippen MR) is 83.1 cm³/mol. The number of rotatable bonds is 4. The van der Waals surface area contributed by atoms with Crippen molar-refractivity contribution in [1.29, 1.82) is 0 Å². The molecule has 2 N–H and O–H groups in total. The Morgan fingerprint density at radius 3 is 2.81 bits per heavy atom. The summed E-state index contributed by atoms with van der Waals surface area (Å²) in [5.74, 6) is -0.390. The van der Waals surface area contributed by atoms with E-state index >= 15 is 0 Å². The molecular formula is C14H15BrN4O2. The first-order chi connectivity index (χ1) is 9.99. The number of carbonyl (C=O) groups excluding carboxylic acids is 2. The van der Waals surface area contributed by atoms with Gasteiger partial charge in [0.2, 0.25) is 5.91 Å². The molecular weight excluding hydrogens is 336 g/mol. The average molecular weight is 351 g/mol. The summed E-state index contributed by atoms with van der Waals surface area (Å²) in [5.41, 5.74) is 2.15. The van der Waals surface area contributed by atoms with Gasteiger partial charge in [-0.25, -0.2) is 0 Å². The zero-order chi connectivity index (χ0) is 15.4. The first-order valence-corrected chi connectivity index (χ1v) is 7.09. The molecule has 0 atom stereocenters. The number of anilines is 1. The van der Waals surface area contributed by atoms with Gasteiger partial charge in [-0.3, -0.25) is 14.3 Å². The number of nitrogens with one attached hydrogen (secondary N) is 2. The van der Waals surface area contributed by atoms with Gasteiger partial charge >= 0.3 is 0 Å². The van der Waals surface area contributed by atoms with Crippen molar-refractivity contribution in [3.8, 4) is 0 Å².